The van der Waals surface area contributed by atoms with Crippen LogP contribution in [0.25, 0.3) is 0 Å². The lowest BCUT2D eigenvalue weighted by molar-refractivity contribution is -0.0537. The number of pyridine rings is 1. The van der Waals surface area contributed by atoms with E-state index in [9.17, 15) is 10.0 Å². The van der Waals surface area contributed by atoms with Crippen molar-refractivity contribution in [3.63, 3.8) is 0 Å². The zero-order valence-electron chi connectivity index (χ0n) is 13.0. The molecule has 7 heteroatoms. The van der Waals surface area contributed by atoms with E-state index in [0.717, 1.165) is 0 Å². The van der Waals surface area contributed by atoms with Gasteiger partial charge in [-0.1, -0.05) is 17.9 Å². The number of nitrogens with zero attached hydrogens (tertiary/aromatic N) is 2. The minimum absolute atomic E-state index is 0.0906. The molecular formula is C17H17N3O4. The van der Waals surface area contributed by atoms with Crippen molar-refractivity contribution in [2.45, 2.75) is 13.0 Å². The van der Waals surface area contributed by atoms with E-state index >= 15 is 0 Å². The summed E-state index contributed by atoms with van der Waals surface area (Å²) in [7, 11) is 0. The quantitative estimate of drug-likeness (QED) is 0.499. The van der Waals surface area contributed by atoms with Crippen LogP contribution in [0.5, 0.6) is 17.2 Å². The van der Waals surface area contributed by atoms with Gasteiger partial charge in [-0.15, -0.1) is 0 Å². The summed E-state index contributed by atoms with van der Waals surface area (Å²) >= 11 is 0. The molecule has 2 aromatic rings. The Labute approximate surface area is 139 Å². The minimum Gasteiger partial charge on any atom is -0.481 e. The summed E-state index contributed by atoms with van der Waals surface area (Å²) in [6.07, 6.45) is 3.28. The molecule has 0 saturated carbocycles. The molecular weight excluding hydrogens is 310 g/mol. The monoisotopic (exact) mass is 327 g/mol. The average molecular weight is 327 g/mol. The second-order valence-corrected chi connectivity index (χ2v) is 4.73. The van der Waals surface area contributed by atoms with Crippen molar-refractivity contribution >= 4 is 6.03 Å². The molecule has 2 amide bonds. The van der Waals surface area contributed by atoms with E-state index in [1.165, 1.54) is 0 Å². The van der Waals surface area contributed by atoms with Crippen molar-refractivity contribution in [1.82, 2.24) is 10.0 Å². The molecule has 0 fully saturated rings. The molecule has 0 aliphatic rings. The van der Waals surface area contributed by atoms with Crippen LogP contribution in [0.15, 0.2) is 48.8 Å². The highest BCUT2D eigenvalue weighted by atomic mass is 16.5. The van der Waals surface area contributed by atoms with Gasteiger partial charge in [-0.05, 0) is 31.2 Å². The van der Waals surface area contributed by atoms with Crippen molar-refractivity contribution < 1.29 is 19.5 Å². The fraction of sp³-hybridized carbons (Fsp3) is 0.176. The number of primary amides is 1. The second kappa shape index (κ2) is 8.41. The molecule has 1 aromatic heterocycles. The number of carbonyl (C=O) groups excluding carboxylic acids is 1. The second-order valence-electron chi connectivity index (χ2n) is 4.73. The molecule has 0 bridgehead atoms. The largest absolute Gasteiger partial charge is 0.481 e. The summed E-state index contributed by atoms with van der Waals surface area (Å²) in [5, 5.41) is 9.64. The van der Waals surface area contributed by atoms with E-state index in [2.05, 4.69) is 16.8 Å². The number of aromatic nitrogens is 1. The van der Waals surface area contributed by atoms with E-state index in [0.29, 0.717) is 22.3 Å². The maximum atomic E-state index is 10.8. The maximum absolute atomic E-state index is 10.8. The van der Waals surface area contributed by atoms with Crippen LogP contribution in [0.3, 0.4) is 0 Å². The van der Waals surface area contributed by atoms with Gasteiger partial charge in [0, 0.05) is 12.3 Å². The number of rotatable bonds is 5. The van der Waals surface area contributed by atoms with Crippen LogP contribution in [0, 0.1) is 11.8 Å². The fourth-order valence-electron chi connectivity index (χ4n) is 1.73. The lowest BCUT2D eigenvalue weighted by Crippen LogP contribution is -2.38. The van der Waals surface area contributed by atoms with Gasteiger partial charge in [-0.3, -0.25) is 10.2 Å². The van der Waals surface area contributed by atoms with Crippen LogP contribution < -0.4 is 15.2 Å². The van der Waals surface area contributed by atoms with Crippen LogP contribution in [-0.2, 0) is 0 Å². The van der Waals surface area contributed by atoms with E-state index < -0.39 is 12.1 Å². The summed E-state index contributed by atoms with van der Waals surface area (Å²) in [6.45, 7) is 1.63. The number of hydrogen-bond donors (Lipinski definition) is 2. The van der Waals surface area contributed by atoms with Crippen molar-refractivity contribution in [1.29, 1.82) is 0 Å². The van der Waals surface area contributed by atoms with Crippen molar-refractivity contribution in [3.8, 4) is 29.1 Å². The summed E-state index contributed by atoms with van der Waals surface area (Å²) < 4.78 is 11.1. The highest BCUT2D eigenvalue weighted by molar-refractivity contribution is 5.71. The third-order valence-corrected chi connectivity index (χ3v) is 2.89. The van der Waals surface area contributed by atoms with Crippen molar-refractivity contribution in [3.05, 3.63) is 48.8 Å². The highest BCUT2D eigenvalue weighted by Gasteiger charge is 2.11. The molecule has 1 aromatic carbocycles. The molecule has 1 atom stereocenters. The molecule has 1 heterocycles. The first-order chi connectivity index (χ1) is 11.6. The van der Waals surface area contributed by atoms with Gasteiger partial charge in [0.25, 0.3) is 0 Å². The molecule has 2 rings (SSSR count). The number of ether oxygens (including phenoxy) is 2. The number of nitrogens with two attached hydrogens (primary N) is 1. The molecule has 0 aliphatic heterocycles. The topological polar surface area (TPSA) is 97.9 Å². The van der Waals surface area contributed by atoms with Crippen LogP contribution in [-0.4, -0.2) is 33.9 Å². The first kappa shape index (κ1) is 17.1. The zero-order chi connectivity index (χ0) is 17.4. The van der Waals surface area contributed by atoms with E-state index in [1.54, 1.807) is 55.7 Å². The molecule has 0 spiro atoms. The Bertz CT molecular complexity index is 740. The van der Waals surface area contributed by atoms with Gasteiger partial charge in [0.05, 0.1) is 6.20 Å². The van der Waals surface area contributed by atoms with Gasteiger partial charge >= 0.3 is 6.03 Å². The minimum atomic E-state index is -0.960. The predicted molar refractivity (Wildman–Crippen MR) is 86.7 cm³/mol. The molecule has 1 unspecified atom stereocenters. The lowest BCUT2D eigenvalue weighted by atomic mass is 10.3. The van der Waals surface area contributed by atoms with Crippen LogP contribution >= 0.6 is 0 Å². The van der Waals surface area contributed by atoms with Gasteiger partial charge in [0.1, 0.15) is 29.9 Å². The van der Waals surface area contributed by atoms with E-state index in [4.69, 9.17) is 15.2 Å². The van der Waals surface area contributed by atoms with Gasteiger partial charge in [-0.25, -0.2) is 4.79 Å². The standard InChI is InChI=1S/C17H17N3O4/c1-13(20(22)17(18)21)5-4-10-23-14-6-2-7-15(11-14)24-16-8-3-9-19-12-16/h2-3,6-9,11-13,22H,10H2,1H3,(H2,18,21). The Balaban J connectivity index is 1.90. The van der Waals surface area contributed by atoms with Crippen LogP contribution in [0.2, 0.25) is 0 Å². The molecule has 7 nitrogen and oxygen atoms in total. The fourth-order valence-corrected chi connectivity index (χ4v) is 1.73. The Kier molecular flexibility index (Phi) is 6.00. The SMILES string of the molecule is CC(C#CCOc1cccc(Oc2cccnc2)c1)N(O)C(N)=O. The third kappa shape index (κ3) is 5.19. The van der Waals surface area contributed by atoms with Gasteiger partial charge < -0.3 is 15.2 Å². The number of hydrogen-bond acceptors (Lipinski definition) is 5. The molecule has 24 heavy (non-hydrogen) atoms. The van der Waals surface area contributed by atoms with Crippen molar-refractivity contribution in [2.75, 3.05) is 6.61 Å². The van der Waals surface area contributed by atoms with E-state index in [-0.39, 0.29) is 6.61 Å². The Hall–Kier alpha value is -3.24. The number of carbonyl (C=O) groups is 1. The molecule has 124 valence electrons. The van der Waals surface area contributed by atoms with Gasteiger partial charge in [0.15, 0.2) is 0 Å². The number of benzene rings is 1. The smallest absolute Gasteiger partial charge is 0.339 e. The van der Waals surface area contributed by atoms with Crippen LogP contribution in [0.1, 0.15) is 6.92 Å². The highest BCUT2D eigenvalue weighted by Crippen LogP contribution is 2.24. The van der Waals surface area contributed by atoms with Gasteiger partial charge in [-0.2, -0.15) is 5.06 Å². The lowest BCUT2D eigenvalue weighted by Gasteiger charge is -2.14. The first-order valence-electron chi connectivity index (χ1n) is 7.13. The Morgan fingerprint density at radius 1 is 1.33 bits per heavy atom. The number of hydroxylamine groups is 2. The summed E-state index contributed by atoms with van der Waals surface area (Å²) in [4.78, 5) is 14.7. The van der Waals surface area contributed by atoms with Crippen molar-refractivity contribution in [2.24, 2.45) is 5.73 Å². The maximum Gasteiger partial charge on any atom is 0.339 e. The molecule has 3 N–H and O–H groups in total. The molecule has 0 radical (unpaired) electrons. The Morgan fingerprint density at radius 3 is 2.79 bits per heavy atom. The normalized spacial score (nSPS) is 10.9. The zero-order valence-corrected chi connectivity index (χ0v) is 13.0. The summed E-state index contributed by atoms with van der Waals surface area (Å²) in [5.41, 5.74) is 4.93. The van der Waals surface area contributed by atoms with Gasteiger partial charge in [0.2, 0.25) is 0 Å². The van der Waals surface area contributed by atoms with Crippen LogP contribution in [0.4, 0.5) is 4.79 Å². The predicted octanol–water partition coefficient (Wildman–Crippen LogP) is 2.41. The Morgan fingerprint density at radius 2 is 2.08 bits per heavy atom. The van der Waals surface area contributed by atoms with E-state index in [1.807, 2.05) is 0 Å². The third-order valence-electron chi connectivity index (χ3n) is 2.89. The molecule has 0 aliphatic carbocycles. The number of amides is 2. The first-order valence-corrected chi connectivity index (χ1v) is 7.13. The summed E-state index contributed by atoms with van der Waals surface area (Å²) in [6, 6.07) is 8.98. The summed E-state index contributed by atoms with van der Waals surface area (Å²) in [5.74, 6) is 7.16. The number of urea groups is 1. The average Bonchev–Trinajstić information content (AvgIpc) is 2.59. The molecule has 0 saturated heterocycles.